The average Bonchev–Trinajstić information content (AvgIpc) is 2.78. The lowest BCUT2D eigenvalue weighted by Crippen LogP contribution is -2.12. The summed E-state index contributed by atoms with van der Waals surface area (Å²) >= 11 is 6.15. The van der Waals surface area contributed by atoms with E-state index in [0.29, 0.717) is 0 Å². The predicted molar refractivity (Wildman–Crippen MR) is 80.5 cm³/mol. The molecule has 0 radical (unpaired) electrons. The number of aromatic nitrogens is 2. The van der Waals surface area contributed by atoms with Gasteiger partial charge in [0.1, 0.15) is 0 Å². The van der Waals surface area contributed by atoms with Crippen molar-refractivity contribution in [1.82, 2.24) is 15.1 Å². The van der Waals surface area contributed by atoms with E-state index in [0.717, 1.165) is 35.9 Å². The molecule has 0 atom stereocenters. The molecular weight excluding hydrogens is 258 g/mol. The van der Waals surface area contributed by atoms with Crippen LogP contribution in [0.5, 0.6) is 0 Å². The number of rotatable bonds is 5. The second kappa shape index (κ2) is 6.22. The fourth-order valence-corrected chi connectivity index (χ4v) is 2.33. The first kappa shape index (κ1) is 14.1. The lowest BCUT2D eigenvalue weighted by atomic mass is 10.0. The Morgan fingerprint density at radius 3 is 2.68 bits per heavy atom. The number of benzene rings is 1. The normalized spacial score (nSPS) is 10.9. The molecule has 0 spiro atoms. The van der Waals surface area contributed by atoms with Crippen molar-refractivity contribution in [1.29, 1.82) is 0 Å². The summed E-state index contributed by atoms with van der Waals surface area (Å²) in [6, 6.07) is 6.05. The smallest absolute Gasteiger partial charge is 0.0672 e. The molecule has 0 amide bonds. The Labute approximate surface area is 119 Å². The second-order valence-corrected chi connectivity index (χ2v) is 5.00. The first-order chi connectivity index (χ1) is 9.15. The lowest BCUT2D eigenvalue weighted by Gasteiger charge is -2.10. The van der Waals surface area contributed by atoms with Crippen molar-refractivity contribution in [3.63, 3.8) is 0 Å². The van der Waals surface area contributed by atoms with Gasteiger partial charge in [0.25, 0.3) is 0 Å². The van der Waals surface area contributed by atoms with Gasteiger partial charge in [0.15, 0.2) is 0 Å². The van der Waals surface area contributed by atoms with Gasteiger partial charge < -0.3 is 5.32 Å². The summed E-state index contributed by atoms with van der Waals surface area (Å²) in [7, 11) is 0. The minimum atomic E-state index is 0.763. The third kappa shape index (κ3) is 3.17. The average molecular weight is 278 g/mol. The summed E-state index contributed by atoms with van der Waals surface area (Å²) < 4.78 is 1.96. The largest absolute Gasteiger partial charge is 0.313 e. The van der Waals surface area contributed by atoms with Crippen LogP contribution >= 0.6 is 11.6 Å². The van der Waals surface area contributed by atoms with E-state index in [4.69, 9.17) is 11.6 Å². The summed E-state index contributed by atoms with van der Waals surface area (Å²) in [5.41, 5.74) is 4.63. The molecule has 0 aliphatic rings. The van der Waals surface area contributed by atoms with Crippen LogP contribution in [0.25, 0.3) is 11.1 Å². The van der Waals surface area contributed by atoms with E-state index < -0.39 is 0 Å². The summed E-state index contributed by atoms with van der Waals surface area (Å²) in [6.07, 6.45) is 2.09. The van der Waals surface area contributed by atoms with Crippen molar-refractivity contribution in [3.05, 3.63) is 40.7 Å². The molecule has 1 N–H and O–H groups in total. The minimum absolute atomic E-state index is 0.763. The fourth-order valence-electron chi connectivity index (χ4n) is 2.16. The van der Waals surface area contributed by atoms with E-state index in [-0.39, 0.29) is 0 Å². The monoisotopic (exact) mass is 277 g/mol. The van der Waals surface area contributed by atoms with Gasteiger partial charge in [-0.3, -0.25) is 4.68 Å². The number of nitrogens with one attached hydrogen (secondary N) is 1. The Hall–Kier alpha value is -1.32. The third-order valence-electron chi connectivity index (χ3n) is 3.20. The number of halogens is 1. The molecule has 3 nitrogen and oxygen atoms in total. The molecule has 0 fully saturated rings. The van der Waals surface area contributed by atoms with Crippen LogP contribution < -0.4 is 5.32 Å². The molecule has 2 aromatic rings. The van der Waals surface area contributed by atoms with Crippen molar-refractivity contribution >= 4 is 11.6 Å². The van der Waals surface area contributed by atoms with Crippen LogP contribution in [-0.4, -0.2) is 16.3 Å². The standard InChI is InChI=1S/C15H20ClN3/c1-4-17-9-12-6-7-13(16)8-14(12)15-10-19(5-2)18-11(15)3/h6-8,10,17H,4-5,9H2,1-3H3. The maximum absolute atomic E-state index is 6.15. The quantitative estimate of drug-likeness (QED) is 0.904. The Morgan fingerprint density at radius 2 is 2.05 bits per heavy atom. The molecule has 0 bridgehead atoms. The summed E-state index contributed by atoms with van der Waals surface area (Å²) in [4.78, 5) is 0. The van der Waals surface area contributed by atoms with Crippen LogP contribution in [-0.2, 0) is 13.1 Å². The van der Waals surface area contributed by atoms with Gasteiger partial charge in [-0.05, 0) is 43.7 Å². The first-order valence-corrected chi connectivity index (χ1v) is 7.07. The van der Waals surface area contributed by atoms with Crippen LogP contribution in [0.2, 0.25) is 5.02 Å². The highest BCUT2D eigenvalue weighted by molar-refractivity contribution is 6.30. The Bertz CT molecular complexity index is 561. The van der Waals surface area contributed by atoms with Gasteiger partial charge in [0.2, 0.25) is 0 Å². The number of hydrogen-bond donors (Lipinski definition) is 1. The highest BCUT2D eigenvalue weighted by Gasteiger charge is 2.11. The molecule has 0 saturated carbocycles. The Morgan fingerprint density at radius 1 is 1.26 bits per heavy atom. The summed E-state index contributed by atoms with van der Waals surface area (Å²) in [5.74, 6) is 0. The van der Waals surface area contributed by atoms with Gasteiger partial charge in [-0.25, -0.2) is 0 Å². The third-order valence-corrected chi connectivity index (χ3v) is 3.43. The van der Waals surface area contributed by atoms with Crippen LogP contribution in [0.1, 0.15) is 25.1 Å². The molecule has 19 heavy (non-hydrogen) atoms. The van der Waals surface area contributed by atoms with E-state index >= 15 is 0 Å². The molecule has 0 unspecified atom stereocenters. The van der Waals surface area contributed by atoms with Crippen molar-refractivity contribution in [3.8, 4) is 11.1 Å². The zero-order valence-electron chi connectivity index (χ0n) is 11.7. The number of nitrogens with zero attached hydrogens (tertiary/aromatic N) is 2. The second-order valence-electron chi connectivity index (χ2n) is 4.57. The van der Waals surface area contributed by atoms with Gasteiger partial charge in [-0.1, -0.05) is 24.6 Å². The number of aryl methyl sites for hydroxylation is 2. The van der Waals surface area contributed by atoms with E-state index in [9.17, 15) is 0 Å². The Balaban J connectivity index is 2.46. The topological polar surface area (TPSA) is 29.9 Å². The van der Waals surface area contributed by atoms with Gasteiger partial charge >= 0.3 is 0 Å². The van der Waals surface area contributed by atoms with Crippen molar-refractivity contribution in [2.24, 2.45) is 0 Å². The first-order valence-electron chi connectivity index (χ1n) is 6.69. The SMILES string of the molecule is CCNCc1ccc(Cl)cc1-c1cn(CC)nc1C. The van der Waals surface area contributed by atoms with E-state index in [1.54, 1.807) is 0 Å². The molecule has 0 aliphatic carbocycles. The molecular formula is C15H20ClN3. The van der Waals surface area contributed by atoms with Crippen molar-refractivity contribution in [2.75, 3.05) is 6.54 Å². The van der Waals surface area contributed by atoms with Crippen LogP contribution in [0.15, 0.2) is 24.4 Å². The van der Waals surface area contributed by atoms with Crippen LogP contribution in [0.3, 0.4) is 0 Å². The van der Waals surface area contributed by atoms with Crippen molar-refractivity contribution < 1.29 is 0 Å². The molecule has 4 heteroatoms. The maximum atomic E-state index is 6.15. The molecule has 0 aliphatic heterocycles. The highest BCUT2D eigenvalue weighted by Crippen LogP contribution is 2.29. The Kier molecular flexibility index (Phi) is 4.61. The molecule has 102 valence electrons. The zero-order chi connectivity index (χ0) is 13.8. The highest BCUT2D eigenvalue weighted by atomic mass is 35.5. The predicted octanol–water partition coefficient (Wildman–Crippen LogP) is 3.64. The van der Waals surface area contributed by atoms with Crippen molar-refractivity contribution in [2.45, 2.75) is 33.9 Å². The lowest BCUT2D eigenvalue weighted by molar-refractivity contribution is 0.653. The fraction of sp³-hybridized carbons (Fsp3) is 0.400. The van der Waals surface area contributed by atoms with Gasteiger partial charge in [0.05, 0.1) is 5.69 Å². The molecule has 0 saturated heterocycles. The van der Waals surface area contributed by atoms with E-state index in [2.05, 4.69) is 36.5 Å². The van der Waals surface area contributed by atoms with Gasteiger partial charge in [-0.2, -0.15) is 5.10 Å². The van der Waals surface area contributed by atoms with Crippen LogP contribution in [0, 0.1) is 6.92 Å². The van der Waals surface area contributed by atoms with Gasteiger partial charge in [0, 0.05) is 29.9 Å². The van der Waals surface area contributed by atoms with Gasteiger partial charge in [-0.15, -0.1) is 0 Å². The van der Waals surface area contributed by atoms with Crippen LogP contribution in [0.4, 0.5) is 0 Å². The minimum Gasteiger partial charge on any atom is -0.313 e. The molecule has 2 rings (SSSR count). The van der Waals surface area contributed by atoms with E-state index in [1.807, 2.05) is 23.7 Å². The molecule has 1 heterocycles. The summed E-state index contributed by atoms with van der Waals surface area (Å²) in [5, 5.41) is 8.64. The zero-order valence-corrected chi connectivity index (χ0v) is 12.5. The molecule has 1 aromatic heterocycles. The molecule has 1 aromatic carbocycles. The van der Waals surface area contributed by atoms with E-state index in [1.165, 1.54) is 11.1 Å². The summed E-state index contributed by atoms with van der Waals surface area (Å²) in [6.45, 7) is 8.92. The maximum Gasteiger partial charge on any atom is 0.0672 e. The number of hydrogen-bond acceptors (Lipinski definition) is 2.